The van der Waals surface area contributed by atoms with Crippen molar-refractivity contribution in [1.29, 1.82) is 0 Å². The maximum Gasteiger partial charge on any atom is 0.372 e. The van der Waals surface area contributed by atoms with Crippen LogP contribution in [-0.2, 0) is 5.75 Å². The minimum atomic E-state index is -0.985. The Morgan fingerprint density at radius 2 is 2.43 bits per heavy atom. The molecule has 0 aliphatic carbocycles. The lowest BCUT2D eigenvalue weighted by Gasteiger charge is -1.98. The van der Waals surface area contributed by atoms with E-state index in [1.165, 1.54) is 19.1 Å². The second-order valence-corrected chi connectivity index (χ2v) is 4.09. The molecular weight excluding hydrogens is 200 g/mol. The van der Waals surface area contributed by atoms with E-state index in [1.54, 1.807) is 17.8 Å². The van der Waals surface area contributed by atoms with Gasteiger partial charge in [0.2, 0.25) is 5.76 Å². The number of hydrogen-bond donors (Lipinski definition) is 1. The van der Waals surface area contributed by atoms with Crippen LogP contribution in [0.4, 0.5) is 0 Å². The summed E-state index contributed by atoms with van der Waals surface area (Å²) in [6.45, 7) is 2.14. The van der Waals surface area contributed by atoms with E-state index in [4.69, 9.17) is 9.52 Å². The first-order valence-electron chi connectivity index (χ1n) is 4.63. The molecule has 0 spiro atoms. The van der Waals surface area contributed by atoms with Gasteiger partial charge in [-0.2, -0.15) is 11.8 Å². The number of carboxylic acids is 1. The summed E-state index contributed by atoms with van der Waals surface area (Å²) in [4.78, 5) is 10.7. The highest BCUT2D eigenvalue weighted by atomic mass is 32.2. The third-order valence-electron chi connectivity index (χ3n) is 1.84. The van der Waals surface area contributed by atoms with Gasteiger partial charge >= 0.3 is 5.97 Å². The number of rotatable bonds is 6. The normalized spacial score (nSPS) is 10.4. The number of hydrogen-bond acceptors (Lipinski definition) is 3. The Balaban J connectivity index is 2.42. The van der Waals surface area contributed by atoms with Crippen LogP contribution in [0.5, 0.6) is 0 Å². The minimum absolute atomic E-state index is 0.0778. The van der Waals surface area contributed by atoms with Crippen molar-refractivity contribution in [1.82, 2.24) is 0 Å². The highest BCUT2D eigenvalue weighted by Crippen LogP contribution is 2.18. The second-order valence-electron chi connectivity index (χ2n) is 2.99. The first-order chi connectivity index (χ1) is 6.75. The molecule has 0 aliphatic rings. The van der Waals surface area contributed by atoms with Crippen molar-refractivity contribution in [2.45, 2.75) is 25.5 Å². The van der Waals surface area contributed by atoms with Gasteiger partial charge in [0, 0.05) is 11.3 Å². The summed E-state index contributed by atoms with van der Waals surface area (Å²) >= 11 is 1.74. The van der Waals surface area contributed by atoms with Crippen LogP contribution in [0.25, 0.3) is 0 Å². The van der Waals surface area contributed by atoms with E-state index in [0.29, 0.717) is 0 Å². The fraction of sp³-hybridized carbons (Fsp3) is 0.500. The molecule has 3 nitrogen and oxygen atoms in total. The van der Waals surface area contributed by atoms with Crippen LogP contribution >= 0.6 is 11.8 Å². The predicted molar refractivity (Wildman–Crippen MR) is 56.7 cm³/mol. The van der Waals surface area contributed by atoms with Crippen molar-refractivity contribution >= 4 is 17.7 Å². The maximum absolute atomic E-state index is 10.7. The Morgan fingerprint density at radius 1 is 1.64 bits per heavy atom. The molecular formula is C10H14O3S. The van der Waals surface area contributed by atoms with Crippen LogP contribution in [0.1, 0.15) is 35.9 Å². The van der Waals surface area contributed by atoms with E-state index in [9.17, 15) is 4.79 Å². The zero-order valence-electron chi connectivity index (χ0n) is 8.16. The van der Waals surface area contributed by atoms with E-state index >= 15 is 0 Å². The van der Waals surface area contributed by atoms with Crippen molar-refractivity contribution in [2.75, 3.05) is 5.75 Å². The molecule has 14 heavy (non-hydrogen) atoms. The Kier molecular flexibility index (Phi) is 4.59. The van der Waals surface area contributed by atoms with Gasteiger partial charge in [-0.15, -0.1) is 0 Å². The molecule has 0 aliphatic heterocycles. The summed E-state index contributed by atoms with van der Waals surface area (Å²) in [5, 5.41) is 8.75. The van der Waals surface area contributed by atoms with E-state index < -0.39 is 5.97 Å². The van der Waals surface area contributed by atoms with Gasteiger partial charge in [0.15, 0.2) is 0 Å². The average Bonchev–Trinajstić information content (AvgIpc) is 2.60. The fourth-order valence-corrected chi connectivity index (χ4v) is 2.15. The Bertz CT molecular complexity index is 293. The topological polar surface area (TPSA) is 50.4 Å². The SMILES string of the molecule is CCCCSCc1ccoc1C(=O)O. The van der Waals surface area contributed by atoms with Gasteiger partial charge in [-0.1, -0.05) is 13.3 Å². The van der Waals surface area contributed by atoms with Gasteiger partial charge in [-0.05, 0) is 18.2 Å². The average molecular weight is 214 g/mol. The molecule has 1 rings (SSSR count). The molecule has 1 N–H and O–H groups in total. The molecule has 1 aromatic heterocycles. The van der Waals surface area contributed by atoms with E-state index in [0.717, 1.165) is 17.1 Å². The van der Waals surface area contributed by atoms with E-state index in [-0.39, 0.29) is 5.76 Å². The largest absolute Gasteiger partial charge is 0.475 e. The molecule has 0 saturated heterocycles. The molecule has 0 aromatic carbocycles. The van der Waals surface area contributed by atoms with Crippen LogP contribution in [-0.4, -0.2) is 16.8 Å². The zero-order chi connectivity index (χ0) is 10.4. The van der Waals surface area contributed by atoms with Crippen LogP contribution in [0.2, 0.25) is 0 Å². The molecule has 0 bridgehead atoms. The number of aromatic carboxylic acids is 1. The quantitative estimate of drug-likeness (QED) is 0.739. The van der Waals surface area contributed by atoms with Gasteiger partial charge in [0.05, 0.1) is 6.26 Å². The molecule has 0 unspecified atom stereocenters. The Labute approximate surface area is 87.5 Å². The number of thioether (sulfide) groups is 1. The summed E-state index contributed by atoms with van der Waals surface area (Å²) < 4.78 is 4.87. The van der Waals surface area contributed by atoms with Crippen LogP contribution in [0.15, 0.2) is 16.7 Å². The van der Waals surface area contributed by atoms with Gasteiger partial charge in [0.25, 0.3) is 0 Å². The Hall–Kier alpha value is -0.900. The van der Waals surface area contributed by atoms with Gasteiger partial charge in [-0.3, -0.25) is 0 Å². The highest BCUT2D eigenvalue weighted by Gasteiger charge is 2.12. The van der Waals surface area contributed by atoms with Crippen molar-refractivity contribution in [3.63, 3.8) is 0 Å². The molecule has 1 aromatic rings. The third kappa shape index (κ3) is 3.10. The molecule has 0 radical (unpaired) electrons. The fourth-order valence-electron chi connectivity index (χ4n) is 1.07. The van der Waals surface area contributed by atoms with Crippen LogP contribution in [0, 0.1) is 0 Å². The third-order valence-corrected chi connectivity index (χ3v) is 2.93. The standard InChI is InChI=1S/C10H14O3S/c1-2-3-6-14-7-8-4-5-13-9(8)10(11)12/h4-5H,2-3,6-7H2,1H3,(H,11,12). The number of carboxylic acid groups (broad SMARTS) is 1. The van der Waals surface area contributed by atoms with Gasteiger partial charge < -0.3 is 9.52 Å². The minimum Gasteiger partial charge on any atom is -0.475 e. The first kappa shape index (κ1) is 11.2. The molecule has 0 saturated carbocycles. The zero-order valence-corrected chi connectivity index (χ0v) is 8.97. The molecule has 0 atom stereocenters. The highest BCUT2D eigenvalue weighted by molar-refractivity contribution is 7.98. The Morgan fingerprint density at radius 3 is 3.07 bits per heavy atom. The molecule has 4 heteroatoms. The van der Waals surface area contributed by atoms with Crippen molar-refractivity contribution in [2.24, 2.45) is 0 Å². The lowest BCUT2D eigenvalue weighted by atomic mass is 10.3. The monoisotopic (exact) mass is 214 g/mol. The number of unbranched alkanes of at least 4 members (excludes halogenated alkanes) is 1. The molecule has 0 amide bonds. The smallest absolute Gasteiger partial charge is 0.372 e. The van der Waals surface area contributed by atoms with Crippen molar-refractivity contribution in [3.8, 4) is 0 Å². The van der Waals surface area contributed by atoms with Crippen molar-refractivity contribution < 1.29 is 14.3 Å². The van der Waals surface area contributed by atoms with Crippen LogP contribution < -0.4 is 0 Å². The molecule has 78 valence electrons. The summed E-state index contributed by atoms with van der Waals surface area (Å²) in [6, 6.07) is 1.72. The lowest BCUT2D eigenvalue weighted by molar-refractivity contribution is 0.0661. The van der Waals surface area contributed by atoms with Crippen LogP contribution in [0.3, 0.4) is 0 Å². The maximum atomic E-state index is 10.7. The molecule has 0 fully saturated rings. The first-order valence-corrected chi connectivity index (χ1v) is 5.78. The second kappa shape index (κ2) is 5.75. The lowest BCUT2D eigenvalue weighted by Crippen LogP contribution is -1.97. The summed E-state index contributed by atoms with van der Waals surface area (Å²) in [5.74, 6) is 0.883. The number of carbonyl (C=O) groups is 1. The summed E-state index contributed by atoms with van der Waals surface area (Å²) in [6.07, 6.45) is 3.77. The number of furan rings is 1. The molecule has 1 heterocycles. The van der Waals surface area contributed by atoms with E-state index in [1.807, 2.05) is 0 Å². The van der Waals surface area contributed by atoms with E-state index in [2.05, 4.69) is 6.92 Å². The van der Waals surface area contributed by atoms with Gasteiger partial charge in [-0.25, -0.2) is 4.79 Å². The predicted octanol–water partition coefficient (Wildman–Crippen LogP) is 3.01. The summed E-state index contributed by atoms with van der Waals surface area (Å²) in [7, 11) is 0. The van der Waals surface area contributed by atoms with Gasteiger partial charge in [0.1, 0.15) is 0 Å². The van der Waals surface area contributed by atoms with Crippen molar-refractivity contribution in [3.05, 3.63) is 23.7 Å². The summed E-state index contributed by atoms with van der Waals surface area (Å²) in [5.41, 5.74) is 0.776.